The van der Waals surface area contributed by atoms with Gasteiger partial charge in [-0.2, -0.15) is 5.10 Å². The summed E-state index contributed by atoms with van der Waals surface area (Å²) in [5.74, 6) is 1.30. The van der Waals surface area contributed by atoms with E-state index < -0.39 is 0 Å². The van der Waals surface area contributed by atoms with Crippen molar-refractivity contribution in [1.29, 1.82) is 0 Å². The minimum atomic E-state index is 0.388. The summed E-state index contributed by atoms with van der Waals surface area (Å²) in [7, 11) is 1.62. The zero-order valence-corrected chi connectivity index (χ0v) is 15.8. The predicted molar refractivity (Wildman–Crippen MR) is 110 cm³/mol. The minimum Gasteiger partial charge on any atom is -0.493 e. The largest absolute Gasteiger partial charge is 0.493 e. The van der Waals surface area contributed by atoms with E-state index in [2.05, 4.69) is 10.5 Å². The highest BCUT2D eigenvalue weighted by Gasteiger charge is 2.10. The topological polar surface area (TPSA) is 42.8 Å². The van der Waals surface area contributed by atoms with Gasteiger partial charge in [0.2, 0.25) is 0 Å². The van der Waals surface area contributed by atoms with Crippen molar-refractivity contribution in [2.75, 3.05) is 7.11 Å². The molecular formula is C22H21ClN2O2. The van der Waals surface area contributed by atoms with Crippen LogP contribution in [-0.2, 0) is 13.2 Å². The third-order valence-electron chi connectivity index (χ3n) is 3.92. The number of nitrogens with one attached hydrogen (secondary N) is 1. The predicted octanol–water partition coefficient (Wildman–Crippen LogP) is 5.05. The van der Waals surface area contributed by atoms with Crippen molar-refractivity contribution in [3.05, 3.63) is 94.5 Å². The van der Waals surface area contributed by atoms with E-state index in [1.54, 1.807) is 13.3 Å². The van der Waals surface area contributed by atoms with Crippen LogP contribution in [0.2, 0.25) is 5.02 Å². The molecule has 0 radical (unpaired) electrons. The van der Waals surface area contributed by atoms with Crippen molar-refractivity contribution in [2.24, 2.45) is 5.10 Å². The number of hydrazone groups is 1. The van der Waals surface area contributed by atoms with Crippen molar-refractivity contribution in [3.63, 3.8) is 0 Å². The maximum Gasteiger partial charge on any atom is 0.170 e. The Balaban J connectivity index is 1.69. The lowest BCUT2D eigenvalue weighted by molar-refractivity contribution is 0.284. The molecule has 27 heavy (non-hydrogen) atoms. The first-order chi connectivity index (χ1) is 13.3. The third-order valence-corrected chi connectivity index (χ3v) is 4.16. The van der Waals surface area contributed by atoms with Crippen LogP contribution < -0.4 is 14.9 Å². The van der Waals surface area contributed by atoms with E-state index in [0.29, 0.717) is 29.7 Å². The fourth-order valence-electron chi connectivity index (χ4n) is 2.58. The van der Waals surface area contributed by atoms with Gasteiger partial charge in [-0.1, -0.05) is 60.1 Å². The van der Waals surface area contributed by atoms with E-state index in [1.807, 2.05) is 72.8 Å². The molecule has 0 saturated carbocycles. The second-order valence-electron chi connectivity index (χ2n) is 5.88. The fraction of sp³-hybridized carbons (Fsp3) is 0.136. The van der Waals surface area contributed by atoms with Gasteiger partial charge in [-0.25, -0.2) is 0 Å². The van der Waals surface area contributed by atoms with E-state index in [9.17, 15) is 0 Å². The van der Waals surface area contributed by atoms with Crippen LogP contribution in [0.25, 0.3) is 0 Å². The van der Waals surface area contributed by atoms with E-state index in [0.717, 1.165) is 16.7 Å². The Morgan fingerprint density at radius 2 is 1.74 bits per heavy atom. The van der Waals surface area contributed by atoms with Gasteiger partial charge in [0, 0.05) is 10.6 Å². The van der Waals surface area contributed by atoms with E-state index in [4.69, 9.17) is 21.1 Å². The molecule has 0 fully saturated rings. The van der Waals surface area contributed by atoms with Crippen molar-refractivity contribution >= 4 is 17.8 Å². The highest BCUT2D eigenvalue weighted by atomic mass is 35.5. The fourth-order valence-corrected chi connectivity index (χ4v) is 2.79. The Labute approximate surface area is 164 Å². The van der Waals surface area contributed by atoms with E-state index in [1.165, 1.54) is 0 Å². The third kappa shape index (κ3) is 5.50. The number of ether oxygens (including phenoxy) is 2. The molecule has 0 heterocycles. The molecule has 3 aromatic rings. The molecule has 0 aliphatic carbocycles. The lowest BCUT2D eigenvalue weighted by Gasteiger charge is -2.13. The lowest BCUT2D eigenvalue weighted by atomic mass is 10.2. The Hall–Kier alpha value is -2.98. The normalized spacial score (nSPS) is 10.7. The summed E-state index contributed by atoms with van der Waals surface area (Å²) in [6.45, 7) is 1.04. The quantitative estimate of drug-likeness (QED) is 0.439. The molecule has 0 amide bonds. The van der Waals surface area contributed by atoms with Crippen molar-refractivity contribution in [2.45, 2.75) is 13.2 Å². The first kappa shape index (κ1) is 18.8. The van der Waals surface area contributed by atoms with Crippen LogP contribution in [0.5, 0.6) is 11.5 Å². The number of hydrogen-bond donors (Lipinski definition) is 1. The SMILES string of the molecule is COc1cccc(C=NNCc2ccccc2)c1OCc1cccc(Cl)c1. The molecule has 0 unspecified atom stereocenters. The molecule has 138 valence electrons. The van der Waals surface area contributed by atoms with Crippen LogP contribution in [0.15, 0.2) is 77.9 Å². The molecule has 1 N–H and O–H groups in total. The van der Waals surface area contributed by atoms with Gasteiger partial charge in [0.1, 0.15) is 6.61 Å². The maximum atomic E-state index is 6.04. The van der Waals surface area contributed by atoms with E-state index >= 15 is 0 Å². The van der Waals surface area contributed by atoms with Crippen molar-refractivity contribution in [1.82, 2.24) is 5.43 Å². The highest BCUT2D eigenvalue weighted by Crippen LogP contribution is 2.31. The lowest BCUT2D eigenvalue weighted by Crippen LogP contribution is -2.06. The van der Waals surface area contributed by atoms with Crippen LogP contribution in [0.4, 0.5) is 0 Å². The Kier molecular flexibility index (Phi) is 6.72. The monoisotopic (exact) mass is 380 g/mol. The molecule has 5 heteroatoms. The zero-order chi connectivity index (χ0) is 18.9. The summed E-state index contributed by atoms with van der Waals surface area (Å²) in [6.07, 6.45) is 1.73. The van der Waals surface area contributed by atoms with Gasteiger partial charge in [0.25, 0.3) is 0 Å². The molecule has 3 rings (SSSR count). The van der Waals surface area contributed by atoms with Gasteiger partial charge in [-0.15, -0.1) is 0 Å². The maximum absolute atomic E-state index is 6.04. The van der Waals surface area contributed by atoms with Gasteiger partial charge < -0.3 is 14.9 Å². The number of nitrogens with zero attached hydrogens (tertiary/aromatic N) is 1. The summed E-state index contributed by atoms with van der Waals surface area (Å²) in [6, 6.07) is 23.4. The molecule has 0 aliphatic heterocycles. The highest BCUT2D eigenvalue weighted by molar-refractivity contribution is 6.30. The molecule has 0 spiro atoms. The second kappa shape index (κ2) is 9.64. The van der Waals surface area contributed by atoms with Gasteiger partial charge in [-0.05, 0) is 35.4 Å². The minimum absolute atomic E-state index is 0.388. The van der Waals surface area contributed by atoms with Crippen molar-refractivity contribution < 1.29 is 9.47 Å². The van der Waals surface area contributed by atoms with Crippen LogP contribution >= 0.6 is 11.6 Å². The Morgan fingerprint density at radius 1 is 0.963 bits per heavy atom. The Bertz CT molecular complexity index is 898. The summed E-state index contributed by atoms with van der Waals surface area (Å²) in [4.78, 5) is 0. The number of benzene rings is 3. The molecule has 0 atom stereocenters. The first-order valence-corrected chi connectivity index (χ1v) is 8.98. The second-order valence-corrected chi connectivity index (χ2v) is 6.31. The summed E-state index contributed by atoms with van der Waals surface area (Å²) in [5, 5.41) is 4.99. The van der Waals surface area contributed by atoms with Gasteiger partial charge in [0.15, 0.2) is 11.5 Å². The van der Waals surface area contributed by atoms with Gasteiger partial charge in [-0.3, -0.25) is 0 Å². The zero-order valence-electron chi connectivity index (χ0n) is 15.1. The average Bonchev–Trinajstić information content (AvgIpc) is 2.70. The van der Waals surface area contributed by atoms with E-state index in [-0.39, 0.29) is 0 Å². The summed E-state index contributed by atoms with van der Waals surface area (Å²) < 4.78 is 11.5. The molecular weight excluding hydrogens is 360 g/mol. The van der Waals surface area contributed by atoms with Crippen LogP contribution in [0.1, 0.15) is 16.7 Å². The van der Waals surface area contributed by atoms with Crippen LogP contribution in [-0.4, -0.2) is 13.3 Å². The molecule has 4 nitrogen and oxygen atoms in total. The number of methoxy groups -OCH3 is 1. The number of hydrogen-bond acceptors (Lipinski definition) is 4. The summed E-state index contributed by atoms with van der Waals surface area (Å²) >= 11 is 6.04. The number of para-hydroxylation sites is 1. The summed E-state index contributed by atoms with van der Waals surface area (Å²) in [5.41, 5.74) is 6.03. The van der Waals surface area contributed by atoms with Gasteiger partial charge in [0.05, 0.1) is 19.9 Å². The molecule has 0 aliphatic rings. The average molecular weight is 381 g/mol. The Morgan fingerprint density at radius 3 is 2.52 bits per heavy atom. The van der Waals surface area contributed by atoms with Crippen molar-refractivity contribution in [3.8, 4) is 11.5 Å². The smallest absolute Gasteiger partial charge is 0.170 e. The van der Waals surface area contributed by atoms with Crippen LogP contribution in [0, 0.1) is 0 Å². The number of halogens is 1. The number of rotatable bonds is 8. The molecule has 0 aromatic heterocycles. The van der Waals surface area contributed by atoms with Crippen LogP contribution in [0.3, 0.4) is 0 Å². The molecule has 0 bridgehead atoms. The standard InChI is InChI=1S/C22H21ClN2O2/c1-26-21-12-6-10-19(15-25-24-14-17-7-3-2-4-8-17)22(21)27-16-18-9-5-11-20(23)13-18/h2-13,15,24H,14,16H2,1H3. The van der Waals surface area contributed by atoms with Gasteiger partial charge >= 0.3 is 0 Å². The molecule has 3 aromatic carbocycles. The first-order valence-electron chi connectivity index (χ1n) is 8.60. The molecule has 0 saturated heterocycles.